The van der Waals surface area contributed by atoms with Crippen molar-refractivity contribution in [2.75, 3.05) is 13.7 Å². The molecule has 4 nitrogen and oxygen atoms in total. The average Bonchev–Trinajstić information content (AvgIpc) is 2.46. The third-order valence-corrected chi connectivity index (χ3v) is 4.18. The molecule has 1 aliphatic carbocycles. The zero-order chi connectivity index (χ0) is 14.6. The summed E-state index contributed by atoms with van der Waals surface area (Å²) in [6, 6.07) is 4.68. The highest BCUT2D eigenvalue weighted by Crippen LogP contribution is 2.35. The fourth-order valence-electron chi connectivity index (χ4n) is 2.79. The molecule has 1 aliphatic rings. The number of carbonyl (C=O) groups is 1. The molecule has 0 atom stereocenters. The van der Waals surface area contributed by atoms with E-state index in [1.807, 2.05) is 0 Å². The van der Waals surface area contributed by atoms with Gasteiger partial charge in [-0.3, -0.25) is 4.79 Å². The number of hydrogen-bond donors (Lipinski definition) is 2. The first-order valence-corrected chi connectivity index (χ1v) is 7.19. The van der Waals surface area contributed by atoms with Gasteiger partial charge in [-0.2, -0.15) is 0 Å². The third kappa shape index (κ3) is 3.44. The second-order valence-corrected chi connectivity index (χ2v) is 5.94. The molecular formula is C16H23NO3. The molecule has 4 heteroatoms. The molecule has 1 aromatic carbocycles. The van der Waals surface area contributed by atoms with Gasteiger partial charge >= 0.3 is 0 Å². The van der Waals surface area contributed by atoms with Crippen molar-refractivity contribution in [1.82, 2.24) is 5.32 Å². The van der Waals surface area contributed by atoms with Gasteiger partial charge in [-0.15, -0.1) is 0 Å². The van der Waals surface area contributed by atoms with E-state index >= 15 is 0 Å². The van der Waals surface area contributed by atoms with Crippen LogP contribution in [-0.2, 0) is 0 Å². The first-order valence-electron chi connectivity index (χ1n) is 7.19. The Hall–Kier alpha value is -1.71. The number of hydrogen-bond acceptors (Lipinski definition) is 3. The lowest BCUT2D eigenvalue weighted by atomic mass is 9.76. The molecule has 0 saturated heterocycles. The smallest absolute Gasteiger partial charge is 0.255 e. The van der Waals surface area contributed by atoms with Crippen LogP contribution in [0.5, 0.6) is 11.5 Å². The first kappa shape index (κ1) is 14.7. The Morgan fingerprint density at radius 3 is 2.70 bits per heavy atom. The van der Waals surface area contributed by atoms with E-state index in [9.17, 15) is 9.90 Å². The van der Waals surface area contributed by atoms with E-state index in [2.05, 4.69) is 12.2 Å². The van der Waals surface area contributed by atoms with Gasteiger partial charge in [0.15, 0.2) is 0 Å². The summed E-state index contributed by atoms with van der Waals surface area (Å²) in [5.41, 5.74) is 0.450. The molecule has 20 heavy (non-hydrogen) atoms. The van der Waals surface area contributed by atoms with Crippen molar-refractivity contribution in [1.29, 1.82) is 0 Å². The largest absolute Gasteiger partial charge is 0.507 e. The molecule has 1 fully saturated rings. The molecule has 0 unspecified atom stereocenters. The van der Waals surface area contributed by atoms with Crippen molar-refractivity contribution in [3.63, 3.8) is 0 Å². The van der Waals surface area contributed by atoms with E-state index in [1.165, 1.54) is 32.4 Å². The number of phenolic OH excluding ortho intramolecular Hbond substituents is 1. The van der Waals surface area contributed by atoms with Crippen molar-refractivity contribution in [2.24, 2.45) is 5.41 Å². The van der Waals surface area contributed by atoms with Gasteiger partial charge in [0.2, 0.25) is 0 Å². The summed E-state index contributed by atoms with van der Waals surface area (Å²) in [5, 5.41) is 12.7. The number of ether oxygens (including phenoxy) is 1. The van der Waals surface area contributed by atoms with Crippen LogP contribution in [0, 0.1) is 5.41 Å². The number of carbonyl (C=O) groups excluding carboxylic acids is 1. The Bertz CT molecular complexity index is 479. The zero-order valence-corrected chi connectivity index (χ0v) is 12.2. The summed E-state index contributed by atoms with van der Waals surface area (Å²) in [6.07, 6.45) is 6.06. The summed E-state index contributed by atoms with van der Waals surface area (Å²) in [4.78, 5) is 12.2. The van der Waals surface area contributed by atoms with Crippen molar-refractivity contribution in [2.45, 2.75) is 39.0 Å². The quantitative estimate of drug-likeness (QED) is 0.889. The van der Waals surface area contributed by atoms with Crippen LogP contribution >= 0.6 is 0 Å². The van der Waals surface area contributed by atoms with Crippen LogP contribution in [0.15, 0.2) is 18.2 Å². The van der Waals surface area contributed by atoms with Crippen molar-refractivity contribution < 1.29 is 14.6 Å². The van der Waals surface area contributed by atoms with Crippen molar-refractivity contribution >= 4 is 5.91 Å². The predicted molar refractivity (Wildman–Crippen MR) is 78.2 cm³/mol. The lowest BCUT2D eigenvalue weighted by Crippen LogP contribution is -2.37. The Labute approximate surface area is 120 Å². The first-order chi connectivity index (χ1) is 9.54. The molecule has 0 aromatic heterocycles. The summed E-state index contributed by atoms with van der Waals surface area (Å²) < 4.78 is 5.08. The minimum absolute atomic E-state index is 0.0166. The summed E-state index contributed by atoms with van der Waals surface area (Å²) in [5.74, 6) is 0.308. The highest BCUT2D eigenvalue weighted by molar-refractivity contribution is 5.97. The maximum Gasteiger partial charge on any atom is 0.255 e. The van der Waals surface area contributed by atoms with Gasteiger partial charge in [0.1, 0.15) is 11.5 Å². The van der Waals surface area contributed by atoms with Crippen LogP contribution in [-0.4, -0.2) is 24.7 Å². The summed E-state index contributed by atoms with van der Waals surface area (Å²) >= 11 is 0. The maximum absolute atomic E-state index is 12.2. The molecule has 0 spiro atoms. The number of amides is 1. The number of aromatic hydroxyl groups is 1. The Morgan fingerprint density at radius 2 is 2.05 bits per heavy atom. The minimum Gasteiger partial charge on any atom is -0.507 e. The van der Waals surface area contributed by atoms with Crippen LogP contribution in [0.1, 0.15) is 49.4 Å². The second-order valence-electron chi connectivity index (χ2n) is 5.94. The number of nitrogens with one attached hydrogen (secondary N) is 1. The molecule has 110 valence electrons. The van der Waals surface area contributed by atoms with Gasteiger partial charge in [-0.25, -0.2) is 0 Å². The van der Waals surface area contributed by atoms with Crippen molar-refractivity contribution in [3.05, 3.63) is 23.8 Å². The molecule has 0 heterocycles. The number of phenols is 1. The minimum atomic E-state index is -0.242. The lowest BCUT2D eigenvalue weighted by Gasteiger charge is -2.33. The molecule has 2 rings (SSSR count). The van der Waals surface area contributed by atoms with Crippen LogP contribution in [0.3, 0.4) is 0 Å². The average molecular weight is 277 g/mol. The number of methoxy groups -OCH3 is 1. The fourth-order valence-corrected chi connectivity index (χ4v) is 2.79. The zero-order valence-electron chi connectivity index (χ0n) is 12.2. The maximum atomic E-state index is 12.2. The van der Waals surface area contributed by atoms with Gasteiger partial charge in [0, 0.05) is 6.54 Å². The summed E-state index contributed by atoms with van der Waals surface area (Å²) in [7, 11) is 1.54. The third-order valence-electron chi connectivity index (χ3n) is 4.18. The lowest BCUT2D eigenvalue weighted by molar-refractivity contribution is 0.0916. The molecule has 0 radical (unpaired) electrons. The predicted octanol–water partition coefficient (Wildman–Crippen LogP) is 3.10. The van der Waals surface area contributed by atoms with Crippen LogP contribution in [0.25, 0.3) is 0 Å². The highest BCUT2D eigenvalue weighted by Gasteiger charge is 2.27. The highest BCUT2D eigenvalue weighted by atomic mass is 16.5. The molecule has 0 aliphatic heterocycles. The topological polar surface area (TPSA) is 58.6 Å². The normalized spacial score (nSPS) is 17.5. The van der Waals surface area contributed by atoms with Gasteiger partial charge in [0.05, 0.1) is 12.7 Å². The molecular weight excluding hydrogens is 254 g/mol. The van der Waals surface area contributed by atoms with E-state index in [0.717, 1.165) is 12.8 Å². The van der Waals surface area contributed by atoms with E-state index in [1.54, 1.807) is 12.1 Å². The molecule has 1 aromatic rings. The summed E-state index contributed by atoms with van der Waals surface area (Å²) in [6.45, 7) is 2.88. The Balaban J connectivity index is 2.01. The van der Waals surface area contributed by atoms with Crippen molar-refractivity contribution in [3.8, 4) is 11.5 Å². The monoisotopic (exact) mass is 277 g/mol. The van der Waals surface area contributed by atoms with Gasteiger partial charge in [-0.05, 0) is 36.5 Å². The van der Waals surface area contributed by atoms with Crippen LogP contribution in [0.2, 0.25) is 0 Å². The fraction of sp³-hybridized carbons (Fsp3) is 0.562. The van der Waals surface area contributed by atoms with Gasteiger partial charge in [0.25, 0.3) is 5.91 Å². The second kappa shape index (κ2) is 6.16. The number of rotatable bonds is 4. The standard InChI is InChI=1S/C16H23NO3/c1-16(8-4-3-5-9-16)11-17-15(19)13-10-12(20-2)6-7-14(13)18/h6-7,10,18H,3-5,8-9,11H2,1-2H3,(H,17,19). The van der Waals surface area contributed by atoms with Gasteiger partial charge < -0.3 is 15.2 Å². The molecule has 2 N–H and O–H groups in total. The van der Waals surface area contributed by atoms with E-state index < -0.39 is 0 Å². The number of benzene rings is 1. The molecule has 1 saturated carbocycles. The van der Waals surface area contributed by atoms with Crippen LogP contribution < -0.4 is 10.1 Å². The SMILES string of the molecule is COc1ccc(O)c(C(=O)NCC2(C)CCCCC2)c1. The molecule has 1 amide bonds. The Kier molecular flexibility index (Phi) is 4.53. The van der Waals surface area contributed by atoms with E-state index in [0.29, 0.717) is 12.3 Å². The van der Waals surface area contributed by atoms with E-state index in [4.69, 9.17) is 4.74 Å². The van der Waals surface area contributed by atoms with Gasteiger partial charge in [-0.1, -0.05) is 26.2 Å². The van der Waals surface area contributed by atoms with E-state index in [-0.39, 0.29) is 22.6 Å². The Morgan fingerprint density at radius 1 is 1.35 bits per heavy atom. The molecule has 0 bridgehead atoms. The van der Waals surface area contributed by atoms with Crippen LogP contribution in [0.4, 0.5) is 0 Å².